The Bertz CT molecular complexity index is 1650. The fourth-order valence-corrected chi connectivity index (χ4v) is 5.33. The number of hydrogen-bond donors (Lipinski definition) is 3. The molecule has 0 bridgehead atoms. The van der Waals surface area contributed by atoms with Crippen LogP contribution in [0.1, 0.15) is 28.4 Å². The van der Waals surface area contributed by atoms with Crippen molar-refractivity contribution in [3.63, 3.8) is 0 Å². The Morgan fingerprint density at radius 1 is 1.05 bits per heavy atom. The Morgan fingerprint density at radius 3 is 2.56 bits per heavy atom. The van der Waals surface area contributed by atoms with Gasteiger partial charge in [0.25, 0.3) is 5.91 Å². The number of benzene rings is 3. The van der Waals surface area contributed by atoms with Crippen LogP contribution in [0, 0.1) is 6.92 Å². The minimum Gasteiger partial charge on any atom is -0.507 e. The zero-order valence-electron chi connectivity index (χ0n) is 21.6. The number of nitrogens with zero attached hydrogens (tertiary/aromatic N) is 1. The third-order valence-electron chi connectivity index (χ3n) is 6.73. The summed E-state index contributed by atoms with van der Waals surface area (Å²) in [6.45, 7) is 4.24. The van der Waals surface area contributed by atoms with Gasteiger partial charge < -0.3 is 15.7 Å². The quantitative estimate of drug-likeness (QED) is 0.214. The molecule has 1 aliphatic rings. The van der Waals surface area contributed by atoms with Crippen LogP contribution in [-0.4, -0.2) is 33.9 Å². The second kappa shape index (κ2) is 11.0. The van der Waals surface area contributed by atoms with Gasteiger partial charge in [-0.05, 0) is 67.6 Å². The maximum atomic E-state index is 13.0. The molecule has 39 heavy (non-hydrogen) atoms. The molecule has 0 atom stereocenters. The second-order valence-electron chi connectivity index (χ2n) is 9.31. The third kappa shape index (κ3) is 5.28. The van der Waals surface area contributed by atoms with Crippen molar-refractivity contribution in [1.29, 1.82) is 0 Å². The smallest absolute Gasteiger partial charge is 0.256 e. The van der Waals surface area contributed by atoms with Gasteiger partial charge in [-0.15, -0.1) is 0 Å². The van der Waals surface area contributed by atoms with Crippen LogP contribution in [0.15, 0.2) is 78.5 Å². The molecule has 6 nitrogen and oxygen atoms in total. The molecular weight excluding hydrogens is 530 g/mol. The molecule has 0 saturated carbocycles. The van der Waals surface area contributed by atoms with Gasteiger partial charge in [0.15, 0.2) is 0 Å². The Morgan fingerprint density at radius 2 is 1.85 bits per heavy atom. The number of phenols is 1. The van der Waals surface area contributed by atoms with Gasteiger partial charge in [-0.2, -0.15) is 0 Å². The standard InChI is InChI=1S/C31H26ClN3O3S/c1-17-8-10-20(12-22(17)31(38)39-3)33-15-18(2)29-24-13-23(25(32)14-27(24)35-30(29)37)26-11-9-19(16-34-26)21-6-4-5-7-28(21)36/h4-14,16,33,36H,15H2,1-3H3,(H,35,37). The van der Waals surface area contributed by atoms with E-state index >= 15 is 0 Å². The third-order valence-corrected chi connectivity index (χ3v) is 7.64. The largest absolute Gasteiger partial charge is 0.507 e. The van der Waals surface area contributed by atoms with E-state index in [1.807, 2.05) is 62.4 Å². The highest BCUT2D eigenvalue weighted by molar-refractivity contribution is 8.13. The molecule has 8 heteroatoms. The lowest BCUT2D eigenvalue weighted by Gasteiger charge is -2.12. The van der Waals surface area contributed by atoms with Gasteiger partial charge in [0.05, 0.1) is 16.4 Å². The number of nitrogens with one attached hydrogen (secondary N) is 2. The normalized spacial score (nSPS) is 13.6. The molecule has 2 heterocycles. The number of thioether (sulfide) groups is 1. The minimum absolute atomic E-state index is 0.0157. The van der Waals surface area contributed by atoms with Crippen LogP contribution in [-0.2, 0) is 4.79 Å². The van der Waals surface area contributed by atoms with Crippen molar-refractivity contribution in [2.75, 3.05) is 23.4 Å². The predicted molar refractivity (Wildman–Crippen MR) is 161 cm³/mol. The summed E-state index contributed by atoms with van der Waals surface area (Å²) < 4.78 is 0. The summed E-state index contributed by atoms with van der Waals surface area (Å²) in [4.78, 5) is 29.8. The maximum absolute atomic E-state index is 13.0. The van der Waals surface area contributed by atoms with Gasteiger partial charge in [-0.25, -0.2) is 0 Å². The average molecular weight is 556 g/mol. The van der Waals surface area contributed by atoms with Crippen molar-refractivity contribution in [2.24, 2.45) is 0 Å². The monoisotopic (exact) mass is 555 g/mol. The summed E-state index contributed by atoms with van der Waals surface area (Å²) in [7, 11) is 0. The number of amides is 1. The molecule has 0 radical (unpaired) electrons. The first-order chi connectivity index (χ1) is 18.8. The number of carbonyl (C=O) groups excluding carboxylic acids is 2. The Balaban J connectivity index is 1.44. The summed E-state index contributed by atoms with van der Waals surface area (Å²) >= 11 is 7.80. The lowest BCUT2D eigenvalue weighted by molar-refractivity contribution is -0.110. The average Bonchev–Trinajstić information content (AvgIpc) is 3.26. The van der Waals surface area contributed by atoms with Crippen molar-refractivity contribution >= 4 is 51.3 Å². The molecular formula is C31H26ClN3O3S. The molecule has 5 rings (SSSR count). The molecule has 4 aromatic rings. The number of hydrogen-bond acceptors (Lipinski definition) is 6. The van der Waals surface area contributed by atoms with Crippen LogP contribution in [0.3, 0.4) is 0 Å². The first-order valence-electron chi connectivity index (χ1n) is 12.3. The van der Waals surface area contributed by atoms with E-state index in [2.05, 4.69) is 15.6 Å². The Hall–Kier alpha value is -4.07. The molecule has 0 unspecified atom stereocenters. The van der Waals surface area contributed by atoms with Crippen molar-refractivity contribution < 1.29 is 14.7 Å². The highest BCUT2D eigenvalue weighted by Crippen LogP contribution is 2.41. The number of halogens is 1. The van der Waals surface area contributed by atoms with Gasteiger partial charge >= 0.3 is 0 Å². The number of carbonyl (C=O) groups is 2. The lowest BCUT2D eigenvalue weighted by Crippen LogP contribution is -2.10. The number of pyridine rings is 1. The highest BCUT2D eigenvalue weighted by atomic mass is 35.5. The fraction of sp³-hybridized carbons (Fsp3) is 0.129. The molecule has 3 aromatic carbocycles. The summed E-state index contributed by atoms with van der Waals surface area (Å²) in [6, 6.07) is 20.1. The zero-order chi connectivity index (χ0) is 27.7. The SMILES string of the molecule is CSC(=O)c1cc(NCC(C)=C2C(=O)Nc3cc(Cl)c(-c4ccc(-c5ccccc5O)cn4)cc32)ccc1C. The van der Waals surface area contributed by atoms with Gasteiger partial charge in [0.2, 0.25) is 5.12 Å². The van der Waals surface area contributed by atoms with E-state index in [0.717, 1.165) is 28.0 Å². The maximum Gasteiger partial charge on any atom is 0.256 e. The lowest BCUT2D eigenvalue weighted by atomic mass is 9.98. The van der Waals surface area contributed by atoms with Crippen molar-refractivity contribution in [3.8, 4) is 28.1 Å². The number of anilines is 2. The Labute approximate surface area is 236 Å². The molecule has 0 saturated heterocycles. The molecule has 3 N–H and O–H groups in total. The molecule has 0 spiro atoms. The number of aromatic hydroxyl groups is 1. The molecule has 1 amide bonds. The summed E-state index contributed by atoms with van der Waals surface area (Å²) in [5, 5.41) is 16.9. The first-order valence-corrected chi connectivity index (χ1v) is 13.9. The van der Waals surface area contributed by atoms with Crippen molar-refractivity contribution in [1.82, 2.24) is 4.98 Å². The van der Waals surface area contributed by atoms with E-state index in [-0.39, 0.29) is 16.8 Å². The number of fused-ring (bicyclic) bond motifs is 1. The number of phenolic OH excluding ortho intramolecular Hbond substituents is 1. The van der Waals surface area contributed by atoms with E-state index in [4.69, 9.17) is 11.6 Å². The number of para-hydroxylation sites is 1. The summed E-state index contributed by atoms with van der Waals surface area (Å²) in [5.41, 5.74) is 8.06. The summed E-state index contributed by atoms with van der Waals surface area (Å²) in [6.07, 6.45) is 3.46. The fourth-order valence-electron chi connectivity index (χ4n) is 4.63. The van der Waals surface area contributed by atoms with Crippen molar-refractivity contribution in [2.45, 2.75) is 13.8 Å². The molecule has 196 valence electrons. The molecule has 1 aliphatic heterocycles. The number of rotatable bonds is 6. The first kappa shape index (κ1) is 26.5. The van der Waals surface area contributed by atoms with Crippen LogP contribution >= 0.6 is 23.4 Å². The number of aromatic nitrogens is 1. The van der Waals surface area contributed by atoms with Crippen LogP contribution in [0.5, 0.6) is 5.75 Å². The van der Waals surface area contributed by atoms with E-state index in [0.29, 0.717) is 45.2 Å². The van der Waals surface area contributed by atoms with Crippen molar-refractivity contribution in [3.05, 3.63) is 100 Å². The van der Waals surface area contributed by atoms with Gasteiger partial charge in [0, 0.05) is 51.8 Å². The predicted octanol–water partition coefficient (Wildman–Crippen LogP) is 7.42. The number of aryl methyl sites for hydroxylation is 1. The molecule has 0 aliphatic carbocycles. The molecule has 1 aromatic heterocycles. The highest BCUT2D eigenvalue weighted by Gasteiger charge is 2.28. The van der Waals surface area contributed by atoms with Gasteiger partial charge in [-0.1, -0.05) is 53.7 Å². The zero-order valence-corrected chi connectivity index (χ0v) is 23.2. The van der Waals surface area contributed by atoms with Gasteiger partial charge in [-0.3, -0.25) is 14.6 Å². The Kier molecular flexibility index (Phi) is 7.46. The van der Waals surface area contributed by atoms with Crippen LogP contribution in [0.2, 0.25) is 5.02 Å². The molecule has 0 fully saturated rings. The van der Waals surface area contributed by atoms with Gasteiger partial charge in [0.1, 0.15) is 5.75 Å². The second-order valence-corrected chi connectivity index (χ2v) is 10.5. The van der Waals surface area contributed by atoms with E-state index in [1.165, 1.54) is 11.8 Å². The van der Waals surface area contributed by atoms with Crippen LogP contribution in [0.4, 0.5) is 11.4 Å². The minimum atomic E-state index is -0.192. The van der Waals surface area contributed by atoms with Crippen LogP contribution < -0.4 is 10.6 Å². The van der Waals surface area contributed by atoms with E-state index < -0.39 is 0 Å². The van der Waals surface area contributed by atoms with E-state index in [1.54, 1.807) is 30.7 Å². The topological polar surface area (TPSA) is 91.3 Å². The van der Waals surface area contributed by atoms with Crippen LogP contribution in [0.25, 0.3) is 28.0 Å². The summed E-state index contributed by atoms with van der Waals surface area (Å²) in [5.74, 6) is -0.00805. The van der Waals surface area contributed by atoms with E-state index in [9.17, 15) is 14.7 Å².